The van der Waals surface area contributed by atoms with Crippen molar-refractivity contribution in [2.45, 2.75) is 32.4 Å². The minimum absolute atomic E-state index is 0.116. The van der Waals surface area contributed by atoms with Gasteiger partial charge in [0.15, 0.2) is 0 Å². The normalized spacial score (nSPS) is 22.9. The number of halogens is 1. The molecule has 1 fully saturated rings. The van der Waals surface area contributed by atoms with Crippen LogP contribution in [0.4, 0.5) is 0 Å². The lowest BCUT2D eigenvalue weighted by atomic mass is 10.0. The van der Waals surface area contributed by atoms with E-state index in [1.54, 1.807) is 0 Å². The van der Waals surface area contributed by atoms with Gasteiger partial charge in [-0.1, -0.05) is 41.1 Å². The van der Waals surface area contributed by atoms with E-state index in [4.69, 9.17) is 5.73 Å². The predicted octanol–water partition coefficient (Wildman–Crippen LogP) is 2.87. The summed E-state index contributed by atoms with van der Waals surface area (Å²) in [5.41, 5.74) is 7.55. The molecule has 1 heterocycles. The number of hydrogen-bond acceptors (Lipinski definition) is 3. The third-order valence-electron chi connectivity index (χ3n) is 4.32. The predicted molar refractivity (Wildman–Crippen MR) is 88.8 cm³/mol. The second-order valence-corrected chi connectivity index (χ2v) is 6.55. The van der Waals surface area contributed by atoms with Crippen molar-refractivity contribution in [3.8, 4) is 0 Å². The van der Waals surface area contributed by atoms with Crippen LogP contribution in [0.5, 0.6) is 0 Å². The fraction of sp³-hybridized carbons (Fsp3) is 0.625. The summed E-state index contributed by atoms with van der Waals surface area (Å²) in [6.07, 6.45) is 1.02. The van der Waals surface area contributed by atoms with Crippen LogP contribution < -0.4 is 5.73 Å². The van der Waals surface area contributed by atoms with E-state index in [1.807, 2.05) is 6.07 Å². The van der Waals surface area contributed by atoms with E-state index in [0.29, 0.717) is 6.04 Å². The van der Waals surface area contributed by atoms with Crippen LogP contribution >= 0.6 is 15.9 Å². The van der Waals surface area contributed by atoms with Gasteiger partial charge in [-0.2, -0.15) is 0 Å². The smallest absolute Gasteiger partial charge is 0.0318 e. The Morgan fingerprint density at radius 1 is 1.35 bits per heavy atom. The van der Waals surface area contributed by atoms with Crippen molar-refractivity contribution in [2.24, 2.45) is 5.73 Å². The molecule has 2 unspecified atom stereocenters. The Bertz CT molecular complexity index is 424. The maximum Gasteiger partial charge on any atom is 0.0318 e. The molecule has 0 aliphatic carbocycles. The standard InChI is InChI=1S/C16H26BrN3/c1-3-20-11-10-19(12-13(20)2)9-8-16(18)14-6-4-5-7-15(14)17/h4-7,13,16H,3,8-12,18H2,1-2H3. The number of nitrogens with zero attached hydrogens (tertiary/aromatic N) is 2. The quantitative estimate of drug-likeness (QED) is 0.895. The lowest BCUT2D eigenvalue weighted by Gasteiger charge is -2.39. The zero-order valence-corrected chi connectivity index (χ0v) is 14.1. The van der Waals surface area contributed by atoms with Gasteiger partial charge in [-0.05, 0) is 31.5 Å². The van der Waals surface area contributed by atoms with E-state index < -0.39 is 0 Å². The highest BCUT2D eigenvalue weighted by Crippen LogP contribution is 2.24. The summed E-state index contributed by atoms with van der Waals surface area (Å²) in [7, 11) is 0. The molecule has 1 aliphatic rings. The van der Waals surface area contributed by atoms with Crippen molar-refractivity contribution >= 4 is 15.9 Å². The molecular formula is C16H26BrN3. The van der Waals surface area contributed by atoms with Crippen LogP contribution in [0.2, 0.25) is 0 Å². The van der Waals surface area contributed by atoms with E-state index in [-0.39, 0.29) is 6.04 Å². The van der Waals surface area contributed by atoms with E-state index in [0.717, 1.165) is 30.5 Å². The molecule has 1 aromatic carbocycles. The van der Waals surface area contributed by atoms with Crippen LogP contribution in [0.25, 0.3) is 0 Å². The molecule has 2 rings (SSSR count). The van der Waals surface area contributed by atoms with Gasteiger partial charge in [-0.25, -0.2) is 0 Å². The molecule has 2 N–H and O–H groups in total. The van der Waals surface area contributed by atoms with Crippen LogP contribution in [0.1, 0.15) is 31.9 Å². The van der Waals surface area contributed by atoms with E-state index in [9.17, 15) is 0 Å². The second-order valence-electron chi connectivity index (χ2n) is 5.69. The van der Waals surface area contributed by atoms with Crippen LogP contribution in [-0.2, 0) is 0 Å². The van der Waals surface area contributed by atoms with Gasteiger partial charge < -0.3 is 10.6 Å². The third-order valence-corrected chi connectivity index (χ3v) is 5.04. The molecule has 1 aromatic rings. The zero-order chi connectivity index (χ0) is 14.5. The van der Waals surface area contributed by atoms with Crippen LogP contribution in [0, 0.1) is 0 Å². The average Bonchev–Trinajstić information content (AvgIpc) is 2.45. The zero-order valence-electron chi connectivity index (χ0n) is 12.6. The Labute approximate surface area is 131 Å². The van der Waals surface area contributed by atoms with Crippen LogP contribution in [0.15, 0.2) is 28.7 Å². The second kappa shape index (κ2) is 7.55. The Hall–Kier alpha value is -0.420. The van der Waals surface area contributed by atoms with Gasteiger partial charge in [0.1, 0.15) is 0 Å². The number of likely N-dealkylation sites (N-methyl/N-ethyl adjacent to an activating group) is 1. The Kier molecular flexibility index (Phi) is 6.02. The Morgan fingerprint density at radius 2 is 2.10 bits per heavy atom. The summed E-state index contributed by atoms with van der Waals surface area (Å²) < 4.78 is 1.12. The average molecular weight is 340 g/mol. The van der Waals surface area contributed by atoms with Gasteiger partial charge in [0.05, 0.1) is 0 Å². The number of piperazine rings is 1. The largest absolute Gasteiger partial charge is 0.324 e. The highest BCUT2D eigenvalue weighted by Gasteiger charge is 2.22. The highest BCUT2D eigenvalue weighted by atomic mass is 79.9. The lowest BCUT2D eigenvalue weighted by molar-refractivity contribution is 0.0861. The molecule has 0 amide bonds. The molecule has 0 radical (unpaired) electrons. The molecule has 0 spiro atoms. The topological polar surface area (TPSA) is 32.5 Å². The number of benzene rings is 1. The molecule has 2 atom stereocenters. The first-order valence-corrected chi connectivity index (χ1v) is 8.37. The minimum atomic E-state index is 0.116. The monoisotopic (exact) mass is 339 g/mol. The molecule has 112 valence electrons. The SMILES string of the molecule is CCN1CCN(CCC(N)c2ccccc2Br)CC1C. The molecule has 20 heavy (non-hydrogen) atoms. The summed E-state index contributed by atoms with van der Waals surface area (Å²) in [4.78, 5) is 5.09. The number of nitrogens with two attached hydrogens (primary N) is 1. The fourth-order valence-electron chi connectivity index (χ4n) is 3.00. The van der Waals surface area contributed by atoms with Crippen molar-refractivity contribution in [1.82, 2.24) is 9.80 Å². The van der Waals surface area contributed by atoms with Crippen molar-refractivity contribution < 1.29 is 0 Å². The molecular weight excluding hydrogens is 314 g/mol. The fourth-order valence-corrected chi connectivity index (χ4v) is 3.58. The van der Waals surface area contributed by atoms with E-state index in [1.165, 1.54) is 18.7 Å². The summed E-state index contributed by atoms with van der Waals surface area (Å²) in [6.45, 7) is 10.3. The first-order chi connectivity index (χ1) is 9.61. The maximum atomic E-state index is 6.33. The molecule has 1 saturated heterocycles. The number of hydrogen-bond donors (Lipinski definition) is 1. The van der Waals surface area contributed by atoms with Gasteiger partial charge >= 0.3 is 0 Å². The van der Waals surface area contributed by atoms with Gasteiger partial charge in [0.25, 0.3) is 0 Å². The maximum absolute atomic E-state index is 6.33. The third kappa shape index (κ3) is 4.04. The molecule has 0 saturated carbocycles. The molecule has 0 bridgehead atoms. The summed E-state index contributed by atoms with van der Waals surface area (Å²) in [5, 5.41) is 0. The molecule has 0 aromatic heterocycles. The molecule has 3 nitrogen and oxygen atoms in total. The number of rotatable bonds is 5. The lowest BCUT2D eigenvalue weighted by Crippen LogP contribution is -2.51. The van der Waals surface area contributed by atoms with Crippen molar-refractivity contribution in [3.63, 3.8) is 0 Å². The van der Waals surface area contributed by atoms with Gasteiger partial charge in [0.2, 0.25) is 0 Å². The van der Waals surface area contributed by atoms with E-state index >= 15 is 0 Å². The Morgan fingerprint density at radius 3 is 2.75 bits per heavy atom. The first kappa shape index (κ1) is 16.0. The van der Waals surface area contributed by atoms with Crippen molar-refractivity contribution in [2.75, 3.05) is 32.7 Å². The van der Waals surface area contributed by atoms with E-state index in [2.05, 4.69) is 57.8 Å². The Balaban J connectivity index is 1.82. The van der Waals surface area contributed by atoms with Crippen LogP contribution in [-0.4, -0.2) is 48.6 Å². The summed E-state index contributed by atoms with van der Waals surface area (Å²) >= 11 is 3.59. The molecule has 1 aliphatic heterocycles. The van der Waals surface area contributed by atoms with Crippen molar-refractivity contribution in [1.29, 1.82) is 0 Å². The van der Waals surface area contributed by atoms with Gasteiger partial charge in [0, 0.05) is 42.7 Å². The summed E-state index contributed by atoms with van der Waals surface area (Å²) in [6, 6.07) is 9.05. The highest BCUT2D eigenvalue weighted by molar-refractivity contribution is 9.10. The van der Waals surface area contributed by atoms with Crippen molar-refractivity contribution in [3.05, 3.63) is 34.3 Å². The minimum Gasteiger partial charge on any atom is -0.324 e. The van der Waals surface area contributed by atoms with Gasteiger partial charge in [-0.3, -0.25) is 4.90 Å². The van der Waals surface area contributed by atoms with Crippen LogP contribution in [0.3, 0.4) is 0 Å². The molecule has 4 heteroatoms. The first-order valence-electron chi connectivity index (χ1n) is 7.58. The van der Waals surface area contributed by atoms with Gasteiger partial charge in [-0.15, -0.1) is 0 Å². The summed E-state index contributed by atoms with van der Waals surface area (Å²) in [5.74, 6) is 0.